The predicted molar refractivity (Wildman–Crippen MR) is 171 cm³/mol. The van der Waals surface area contributed by atoms with E-state index in [1.807, 2.05) is 42.5 Å². The van der Waals surface area contributed by atoms with Crippen molar-refractivity contribution in [1.29, 1.82) is 5.26 Å². The molecule has 0 fully saturated rings. The second-order valence-electron chi connectivity index (χ2n) is 10.7. The van der Waals surface area contributed by atoms with Gasteiger partial charge in [-0.25, -0.2) is 4.79 Å². The maximum atomic E-state index is 12.9. The van der Waals surface area contributed by atoms with Crippen molar-refractivity contribution in [3.05, 3.63) is 108 Å². The molecule has 4 aromatic carbocycles. The smallest absolute Gasteiger partial charge is 0.343 e. The minimum atomic E-state index is -0.492. The van der Waals surface area contributed by atoms with Crippen LogP contribution in [0.3, 0.4) is 0 Å². The monoisotopic (exact) mass is 559 g/mol. The summed E-state index contributed by atoms with van der Waals surface area (Å²) < 4.78 is 11.5. The zero-order valence-electron chi connectivity index (χ0n) is 24.9. The van der Waals surface area contributed by atoms with Crippen LogP contribution >= 0.6 is 0 Å². The molecule has 0 atom stereocenters. The van der Waals surface area contributed by atoms with E-state index in [9.17, 15) is 10.1 Å². The number of carbonyl (C=O) groups is 1. The third-order valence-corrected chi connectivity index (χ3v) is 7.48. The number of unbranched alkanes of at least 4 members (excludes halogenated alkanes) is 6. The number of esters is 1. The minimum Gasteiger partial charge on any atom is -0.494 e. The fourth-order valence-corrected chi connectivity index (χ4v) is 4.97. The van der Waals surface area contributed by atoms with Gasteiger partial charge in [-0.3, -0.25) is 0 Å². The molecule has 0 bridgehead atoms. The van der Waals surface area contributed by atoms with Crippen LogP contribution < -0.4 is 9.47 Å². The lowest BCUT2D eigenvalue weighted by molar-refractivity contribution is 0.0734. The molecule has 0 aliphatic carbocycles. The van der Waals surface area contributed by atoms with E-state index in [0.717, 1.165) is 47.5 Å². The number of carbonyl (C=O) groups excluding carboxylic acids is 1. The zero-order chi connectivity index (χ0) is 29.6. The van der Waals surface area contributed by atoms with Gasteiger partial charge >= 0.3 is 5.97 Å². The van der Waals surface area contributed by atoms with Crippen molar-refractivity contribution in [2.24, 2.45) is 0 Å². The Morgan fingerprint density at radius 1 is 0.667 bits per heavy atom. The highest BCUT2D eigenvalue weighted by Gasteiger charge is 2.13. The average molecular weight is 560 g/mol. The Morgan fingerprint density at radius 3 is 1.88 bits per heavy atom. The third kappa shape index (κ3) is 8.82. The highest BCUT2D eigenvalue weighted by molar-refractivity contribution is 5.92. The summed E-state index contributed by atoms with van der Waals surface area (Å²) in [7, 11) is 0. The fraction of sp³-hybridized carbons (Fsp3) is 0.316. The molecule has 4 nitrogen and oxygen atoms in total. The SMILES string of the molecule is CCCCCCOc1ccc(-c2ccc(OC(=O)c3ccc(-c4ccc(CCCCCC)cc4)c(C#N)c3)cc2)cc1. The third-order valence-electron chi connectivity index (χ3n) is 7.48. The van der Waals surface area contributed by atoms with E-state index in [2.05, 4.69) is 44.2 Å². The summed E-state index contributed by atoms with van der Waals surface area (Å²) in [5, 5.41) is 9.82. The number of rotatable bonds is 15. The maximum Gasteiger partial charge on any atom is 0.343 e. The maximum absolute atomic E-state index is 12.9. The number of nitrogens with zero attached hydrogens (tertiary/aromatic N) is 1. The van der Waals surface area contributed by atoms with Crippen molar-refractivity contribution in [2.45, 2.75) is 71.6 Å². The molecule has 216 valence electrons. The molecule has 4 rings (SSSR count). The van der Waals surface area contributed by atoms with Gasteiger partial charge in [0.1, 0.15) is 11.5 Å². The molecule has 4 heteroatoms. The van der Waals surface area contributed by atoms with Crippen molar-refractivity contribution in [2.75, 3.05) is 6.61 Å². The summed E-state index contributed by atoms with van der Waals surface area (Å²) >= 11 is 0. The number of nitriles is 1. The quantitative estimate of drug-likeness (QED) is 0.0826. The second-order valence-corrected chi connectivity index (χ2v) is 10.7. The molecule has 4 aromatic rings. The molecule has 0 aliphatic heterocycles. The van der Waals surface area contributed by atoms with Crippen molar-refractivity contribution in [3.8, 4) is 39.8 Å². The van der Waals surface area contributed by atoms with E-state index in [0.29, 0.717) is 16.9 Å². The Balaban J connectivity index is 1.34. The topological polar surface area (TPSA) is 59.3 Å². The molecular weight excluding hydrogens is 518 g/mol. The van der Waals surface area contributed by atoms with Gasteiger partial charge in [-0.1, -0.05) is 107 Å². The van der Waals surface area contributed by atoms with Gasteiger partial charge in [-0.05, 0) is 83.5 Å². The van der Waals surface area contributed by atoms with Crippen LogP contribution in [0.25, 0.3) is 22.3 Å². The normalized spacial score (nSPS) is 10.7. The molecule has 0 spiro atoms. The number of hydrogen-bond acceptors (Lipinski definition) is 4. The van der Waals surface area contributed by atoms with E-state index in [1.165, 1.54) is 50.5 Å². The first-order valence-electron chi connectivity index (χ1n) is 15.3. The second kappa shape index (κ2) is 16.2. The van der Waals surface area contributed by atoms with Gasteiger partial charge in [0, 0.05) is 0 Å². The van der Waals surface area contributed by atoms with Crippen LogP contribution in [0.4, 0.5) is 0 Å². The minimum absolute atomic E-state index is 0.345. The highest BCUT2D eigenvalue weighted by atomic mass is 16.5. The first kappa shape index (κ1) is 30.6. The van der Waals surface area contributed by atoms with E-state index < -0.39 is 5.97 Å². The summed E-state index contributed by atoms with van der Waals surface area (Å²) in [6.07, 6.45) is 10.8. The summed E-state index contributed by atoms with van der Waals surface area (Å²) in [5.74, 6) is 0.833. The Morgan fingerprint density at radius 2 is 1.26 bits per heavy atom. The molecule has 0 radical (unpaired) electrons. The van der Waals surface area contributed by atoms with Crippen LogP contribution in [0.2, 0.25) is 0 Å². The Labute approximate surface area is 250 Å². The summed E-state index contributed by atoms with van der Waals surface area (Å²) in [6.45, 7) is 5.16. The van der Waals surface area contributed by atoms with Crippen LogP contribution in [0, 0.1) is 11.3 Å². The molecular formula is C38H41NO3. The average Bonchev–Trinajstić information content (AvgIpc) is 3.04. The lowest BCUT2D eigenvalue weighted by atomic mass is 9.96. The number of hydrogen-bond donors (Lipinski definition) is 0. The van der Waals surface area contributed by atoms with Gasteiger partial charge in [0.05, 0.1) is 23.8 Å². The van der Waals surface area contributed by atoms with E-state index in [-0.39, 0.29) is 0 Å². The van der Waals surface area contributed by atoms with Crippen LogP contribution in [0.15, 0.2) is 91.0 Å². The van der Waals surface area contributed by atoms with Crippen molar-refractivity contribution >= 4 is 5.97 Å². The largest absolute Gasteiger partial charge is 0.494 e. The molecule has 0 unspecified atom stereocenters. The van der Waals surface area contributed by atoms with Gasteiger partial charge in [-0.2, -0.15) is 5.26 Å². The van der Waals surface area contributed by atoms with Crippen LogP contribution in [0.5, 0.6) is 11.5 Å². The van der Waals surface area contributed by atoms with Crippen molar-refractivity contribution in [1.82, 2.24) is 0 Å². The van der Waals surface area contributed by atoms with Gasteiger partial charge in [-0.15, -0.1) is 0 Å². The lowest BCUT2D eigenvalue weighted by Crippen LogP contribution is -2.09. The zero-order valence-corrected chi connectivity index (χ0v) is 24.9. The molecule has 0 N–H and O–H groups in total. The Hall–Kier alpha value is -4.36. The highest BCUT2D eigenvalue weighted by Crippen LogP contribution is 2.28. The standard InChI is InChI=1S/C38H41NO3/c1-3-5-7-9-11-29-12-14-32(15-13-29)37-25-20-33(27-34(37)28-39)38(40)42-36-23-18-31(19-24-36)30-16-21-35(22-17-30)41-26-10-8-6-4-2/h12-25,27H,3-11,26H2,1-2H3. The fourth-order valence-electron chi connectivity index (χ4n) is 4.97. The van der Waals surface area contributed by atoms with Gasteiger partial charge in [0.25, 0.3) is 0 Å². The van der Waals surface area contributed by atoms with Crippen LogP contribution in [-0.4, -0.2) is 12.6 Å². The van der Waals surface area contributed by atoms with Gasteiger partial charge in [0.2, 0.25) is 0 Å². The van der Waals surface area contributed by atoms with Crippen molar-refractivity contribution < 1.29 is 14.3 Å². The van der Waals surface area contributed by atoms with Gasteiger partial charge < -0.3 is 9.47 Å². The Kier molecular flexibility index (Phi) is 11.8. The van der Waals surface area contributed by atoms with Crippen LogP contribution in [0.1, 0.15) is 86.7 Å². The summed E-state index contributed by atoms with van der Waals surface area (Å²) in [5.41, 5.74) is 5.95. The number of ether oxygens (including phenoxy) is 2. The predicted octanol–water partition coefficient (Wildman–Crippen LogP) is 10.2. The molecule has 0 aliphatic rings. The first-order valence-corrected chi connectivity index (χ1v) is 15.3. The lowest BCUT2D eigenvalue weighted by Gasteiger charge is -2.10. The number of benzene rings is 4. The molecule has 0 saturated carbocycles. The first-order chi connectivity index (χ1) is 20.6. The molecule has 0 amide bonds. The molecule has 0 aromatic heterocycles. The van der Waals surface area contributed by atoms with Gasteiger partial charge in [0.15, 0.2) is 0 Å². The number of aryl methyl sites for hydroxylation is 1. The van der Waals surface area contributed by atoms with E-state index in [4.69, 9.17) is 9.47 Å². The van der Waals surface area contributed by atoms with E-state index in [1.54, 1.807) is 24.3 Å². The summed E-state index contributed by atoms with van der Waals surface area (Å²) in [6, 6.07) is 31.3. The van der Waals surface area contributed by atoms with Crippen molar-refractivity contribution in [3.63, 3.8) is 0 Å². The van der Waals surface area contributed by atoms with E-state index >= 15 is 0 Å². The van der Waals surface area contributed by atoms with Crippen LogP contribution in [-0.2, 0) is 6.42 Å². The summed E-state index contributed by atoms with van der Waals surface area (Å²) in [4.78, 5) is 12.9. The molecule has 0 saturated heterocycles. The molecule has 0 heterocycles. The Bertz CT molecular complexity index is 1450. The molecule has 42 heavy (non-hydrogen) atoms.